The molecule has 2 aromatic carbocycles. The zero-order chi connectivity index (χ0) is 36.0. The number of hydrogen-bond donors (Lipinski definition) is 4. The molecule has 2 aliphatic carbocycles. The number of carbonyl (C=O) groups is 3. The molecule has 10 nitrogen and oxygen atoms in total. The minimum absolute atomic E-state index is 0.0611. The number of H-pyrrole nitrogens is 1. The van der Waals surface area contributed by atoms with Gasteiger partial charge in [-0.05, 0) is 86.0 Å². The number of aromatic amines is 1. The second-order valence-corrected chi connectivity index (χ2v) is 15.4. The average molecular weight is 709 g/mol. The van der Waals surface area contributed by atoms with Gasteiger partial charge in [0.1, 0.15) is 24.0 Å². The third kappa shape index (κ3) is 5.37. The number of aromatic nitrogens is 1. The Hall–Kier alpha value is -3.94. The number of aliphatic hydroxyl groups is 2. The van der Waals surface area contributed by atoms with Crippen LogP contribution in [0.1, 0.15) is 80.7 Å². The fourth-order valence-corrected chi connectivity index (χ4v) is 9.89. The van der Waals surface area contributed by atoms with Crippen LogP contribution < -0.4 is 5.32 Å². The van der Waals surface area contributed by atoms with Crippen LogP contribution in [0.5, 0.6) is 0 Å². The summed E-state index contributed by atoms with van der Waals surface area (Å²) in [5.41, 5.74) is -0.0588. The monoisotopic (exact) mass is 708 g/mol. The largest absolute Gasteiger partial charge is 0.431 e. The molecule has 1 aromatic heterocycles. The van der Waals surface area contributed by atoms with E-state index in [9.17, 15) is 37.8 Å². The van der Waals surface area contributed by atoms with Crippen LogP contribution in [0, 0.1) is 17.8 Å². The molecular weight excluding hydrogens is 665 g/mol. The number of rotatable bonds is 6. The van der Waals surface area contributed by atoms with Crippen LogP contribution >= 0.6 is 0 Å². The highest BCUT2D eigenvalue weighted by Crippen LogP contribution is 2.52. The Morgan fingerprint density at radius 2 is 1.84 bits per heavy atom. The van der Waals surface area contributed by atoms with Gasteiger partial charge in [-0.25, -0.2) is 0 Å². The van der Waals surface area contributed by atoms with E-state index in [1.807, 2.05) is 43.3 Å². The highest BCUT2D eigenvalue weighted by atomic mass is 19.4. The molecule has 5 aliphatic rings. The maximum atomic E-state index is 14.3. The van der Waals surface area contributed by atoms with Crippen LogP contribution in [0.2, 0.25) is 0 Å². The number of alkyl halides is 3. The molecule has 9 unspecified atom stereocenters. The van der Waals surface area contributed by atoms with Gasteiger partial charge in [0.15, 0.2) is 5.60 Å². The number of amides is 3. The topological polar surface area (TPSA) is 135 Å². The molecule has 4 fully saturated rings. The van der Waals surface area contributed by atoms with Crippen molar-refractivity contribution in [2.24, 2.45) is 17.8 Å². The molecule has 3 aromatic rings. The van der Waals surface area contributed by atoms with Crippen molar-refractivity contribution in [2.45, 2.75) is 107 Å². The van der Waals surface area contributed by atoms with E-state index in [2.05, 4.69) is 10.3 Å². The zero-order valence-electron chi connectivity index (χ0n) is 28.6. The first-order valence-corrected chi connectivity index (χ1v) is 18.0. The molecule has 4 N–H and O–H groups in total. The van der Waals surface area contributed by atoms with E-state index >= 15 is 0 Å². The lowest BCUT2D eigenvalue weighted by molar-refractivity contribution is -0.317. The summed E-state index contributed by atoms with van der Waals surface area (Å²) in [6, 6.07) is 12.3. The molecule has 13 heteroatoms. The SMILES string of the molecule is CCC1CC(C(=O)NCC2(C)OC3(O)C4CCC(O)N4C(=O)C(Cc4ccccc4)N3C2=O)CC2c3cccc4[nH]c(C(F)(F)F)c(c34)CC2C1. The van der Waals surface area contributed by atoms with Gasteiger partial charge in [0.25, 0.3) is 11.8 Å². The fourth-order valence-electron chi connectivity index (χ4n) is 9.89. The molecule has 0 radical (unpaired) electrons. The summed E-state index contributed by atoms with van der Waals surface area (Å²) in [6.07, 6.45) is -2.35. The van der Waals surface area contributed by atoms with Gasteiger partial charge in [-0.15, -0.1) is 0 Å². The minimum Gasteiger partial charge on any atom is -0.374 e. The van der Waals surface area contributed by atoms with Crippen molar-refractivity contribution in [2.75, 3.05) is 6.54 Å². The van der Waals surface area contributed by atoms with Gasteiger partial charge in [-0.1, -0.05) is 55.8 Å². The van der Waals surface area contributed by atoms with E-state index in [1.54, 1.807) is 12.1 Å². The summed E-state index contributed by atoms with van der Waals surface area (Å²) in [7, 11) is 0. The van der Waals surface area contributed by atoms with Gasteiger partial charge in [0.2, 0.25) is 11.8 Å². The van der Waals surface area contributed by atoms with Gasteiger partial charge in [0, 0.05) is 23.2 Å². The van der Waals surface area contributed by atoms with Crippen molar-refractivity contribution in [3.05, 3.63) is 70.9 Å². The third-order valence-corrected chi connectivity index (χ3v) is 12.3. The second kappa shape index (κ2) is 12.1. The maximum absolute atomic E-state index is 14.3. The molecule has 3 aliphatic heterocycles. The first kappa shape index (κ1) is 34.2. The van der Waals surface area contributed by atoms with E-state index < -0.39 is 59.4 Å². The van der Waals surface area contributed by atoms with Crippen molar-refractivity contribution >= 4 is 28.6 Å². The Bertz CT molecular complexity index is 1880. The minimum atomic E-state index is -4.50. The summed E-state index contributed by atoms with van der Waals surface area (Å²) >= 11 is 0. The Morgan fingerprint density at radius 1 is 1.08 bits per heavy atom. The number of ether oxygens (including phenoxy) is 1. The molecule has 51 heavy (non-hydrogen) atoms. The molecule has 0 spiro atoms. The lowest BCUT2D eigenvalue weighted by atomic mass is 9.71. The van der Waals surface area contributed by atoms with E-state index in [0.29, 0.717) is 35.7 Å². The summed E-state index contributed by atoms with van der Waals surface area (Å²) in [6.45, 7) is 3.27. The standard InChI is InChI=1S/C38H43F3N4O6/c1-3-20-14-22-17-26-31-24(10-7-11-27(31)43-32(26)37(39,40)41)25(22)18-23(15-20)33(47)42-19-36(2)35(49)45-28(16-21-8-5-4-6-9-21)34(48)44-29(12-13-30(44)46)38(45,50)51-36/h4-11,20,22-23,25,28-30,43,46,50H,3,12-19H2,1-2H3,(H,42,47). The van der Waals surface area contributed by atoms with E-state index in [-0.39, 0.29) is 55.9 Å². The van der Waals surface area contributed by atoms with E-state index in [1.165, 1.54) is 11.8 Å². The van der Waals surface area contributed by atoms with Crippen molar-refractivity contribution in [1.29, 1.82) is 0 Å². The van der Waals surface area contributed by atoms with Crippen LogP contribution in [0.25, 0.3) is 10.9 Å². The third-order valence-electron chi connectivity index (χ3n) is 12.3. The second-order valence-electron chi connectivity index (χ2n) is 15.4. The Balaban J connectivity index is 1.05. The van der Waals surface area contributed by atoms with Crippen LogP contribution in [-0.2, 0) is 38.1 Å². The summed E-state index contributed by atoms with van der Waals surface area (Å²) in [4.78, 5) is 47.2. The van der Waals surface area contributed by atoms with Crippen molar-refractivity contribution < 1.29 is 42.5 Å². The number of halogens is 3. The molecule has 272 valence electrons. The number of piperazine rings is 1. The lowest BCUT2D eigenvalue weighted by Crippen LogP contribution is -2.72. The van der Waals surface area contributed by atoms with Crippen molar-refractivity contribution in [3.8, 4) is 0 Å². The van der Waals surface area contributed by atoms with Gasteiger partial charge < -0.3 is 30.2 Å². The smallest absolute Gasteiger partial charge is 0.374 e. The van der Waals surface area contributed by atoms with E-state index in [0.717, 1.165) is 22.4 Å². The van der Waals surface area contributed by atoms with Crippen LogP contribution in [-0.4, -0.2) is 79.1 Å². The molecular formula is C38H43F3N4O6. The van der Waals surface area contributed by atoms with Crippen molar-refractivity contribution in [3.63, 3.8) is 0 Å². The maximum Gasteiger partial charge on any atom is 0.431 e. The highest BCUT2D eigenvalue weighted by molar-refractivity contribution is 5.96. The van der Waals surface area contributed by atoms with E-state index in [4.69, 9.17) is 4.74 Å². The lowest BCUT2D eigenvalue weighted by Gasteiger charge is -2.49. The van der Waals surface area contributed by atoms with Gasteiger partial charge in [-0.3, -0.25) is 19.3 Å². The molecule has 9 atom stereocenters. The molecule has 8 rings (SSSR count). The number of aliphatic hydroxyl groups excluding tert-OH is 1. The molecule has 4 heterocycles. The number of nitrogens with one attached hydrogen (secondary N) is 2. The zero-order valence-corrected chi connectivity index (χ0v) is 28.6. The van der Waals surface area contributed by atoms with Gasteiger partial charge >= 0.3 is 6.18 Å². The van der Waals surface area contributed by atoms with Crippen LogP contribution in [0.4, 0.5) is 13.2 Å². The molecule has 3 saturated heterocycles. The predicted molar refractivity (Wildman–Crippen MR) is 178 cm³/mol. The Labute approximate surface area is 293 Å². The molecule has 3 amide bonds. The van der Waals surface area contributed by atoms with Crippen LogP contribution in [0.3, 0.4) is 0 Å². The fraction of sp³-hybridized carbons (Fsp3) is 0.553. The van der Waals surface area contributed by atoms with Gasteiger partial charge in [-0.2, -0.15) is 13.2 Å². The number of hydrogen-bond acceptors (Lipinski definition) is 6. The number of nitrogens with zero attached hydrogens (tertiary/aromatic N) is 2. The summed E-state index contributed by atoms with van der Waals surface area (Å²) in [5.74, 6) is -4.15. The van der Waals surface area contributed by atoms with Crippen LogP contribution in [0.15, 0.2) is 48.5 Å². The summed E-state index contributed by atoms with van der Waals surface area (Å²) in [5, 5.41) is 26.4. The normalized spacial score (nSPS) is 34.7. The highest BCUT2D eigenvalue weighted by Gasteiger charge is 2.70. The molecule has 0 bridgehead atoms. The van der Waals surface area contributed by atoms with Crippen molar-refractivity contribution in [1.82, 2.24) is 20.1 Å². The predicted octanol–water partition coefficient (Wildman–Crippen LogP) is 4.58. The first-order valence-electron chi connectivity index (χ1n) is 18.0. The Kier molecular flexibility index (Phi) is 8.08. The number of fused-ring (bicyclic) bond motifs is 5. The Morgan fingerprint density at radius 3 is 2.57 bits per heavy atom. The molecule has 1 saturated carbocycles. The quantitative estimate of drug-likeness (QED) is 0.296. The average Bonchev–Trinajstić information content (AvgIpc) is 3.69. The number of carbonyl (C=O) groups excluding carboxylic acids is 3. The van der Waals surface area contributed by atoms with Gasteiger partial charge in [0.05, 0.1) is 6.54 Å². The first-order chi connectivity index (χ1) is 24.2. The number of benzene rings is 2. The summed E-state index contributed by atoms with van der Waals surface area (Å²) < 4.78 is 48.5.